The molecule has 4 aromatic rings. The summed E-state index contributed by atoms with van der Waals surface area (Å²) >= 11 is 0. The Morgan fingerprint density at radius 3 is 2.33 bits per heavy atom. The predicted molar refractivity (Wildman–Crippen MR) is 132 cm³/mol. The van der Waals surface area contributed by atoms with Crippen LogP contribution in [0, 0.1) is 13.8 Å². The summed E-state index contributed by atoms with van der Waals surface area (Å²) in [4.78, 5) is 12.9. The zero-order chi connectivity index (χ0) is 23.4. The van der Waals surface area contributed by atoms with Gasteiger partial charge in [-0.05, 0) is 55.8 Å². The highest BCUT2D eigenvalue weighted by Crippen LogP contribution is 2.32. The summed E-state index contributed by atoms with van der Waals surface area (Å²) < 4.78 is 11.3. The lowest BCUT2D eigenvalue weighted by Gasteiger charge is -2.14. The lowest BCUT2D eigenvalue weighted by atomic mass is 10.1. The summed E-state index contributed by atoms with van der Waals surface area (Å²) in [5.41, 5.74) is 4.50. The van der Waals surface area contributed by atoms with Gasteiger partial charge in [-0.3, -0.25) is 4.79 Å². The van der Waals surface area contributed by atoms with Gasteiger partial charge in [0.1, 0.15) is 5.75 Å². The molecule has 0 fully saturated rings. The average molecular weight is 442 g/mol. The highest BCUT2D eigenvalue weighted by atomic mass is 16.5. The zero-order valence-corrected chi connectivity index (χ0v) is 19.0. The SMILES string of the molecule is COc1cc(CCOc2ccc(NC(=O)c3cc(C)cc(C)c3)c3ccccc23)ccc1O. The first-order chi connectivity index (χ1) is 15.9. The van der Waals surface area contributed by atoms with Gasteiger partial charge in [-0.25, -0.2) is 0 Å². The average Bonchev–Trinajstić information content (AvgIpc) is 2.80. The van der Waals surface area contributed by atoms with Crippen LogP contribution in [0.25, 0.3) is 10.8 Å². The number of phenolic OH excluding ortho intramolecular Hbond substituents is 1. The molecule has 0 atom stereocenters. The number of nitrogens with one attached hydrogen (secondary N) is 1. The number of aromatic hydroxyl groups is 1. The highest BCUT2D eigenvalue weighted by molar-refractivity contribution is 6.10. The van der Waals surface area contributed by atoms with Crippen LogP contribution in [-0.2, 0) is 6.42 Å². The smallest absolute Gasteiger partial charge is 0.255 e. The van der Waals surface area contributed by atoms with E-state index in [0.717, 1.165) is 38.9 Å². The van der Waals surface area contributed by atoms with E-state index in [1.165, 1.54) is 7.11 Å². The molecule has 0 aliphatic rings. The van der Waals surface area contributed by atoms with Gasteiger partial charge in [-0.2, -0.15) is 0 Å². The van der Waals surface area contributed by atoms with Gasteiger partial charge in [0.15, 0.2) is 11.5 Å². The molecule has 2 N–H and O–H groups in total. The fourth-order valence-corrected chi connectivity index (χ4v) is 3.96. The second-order valence-electron chi connectivity index (χ2n) is 8.09. The molecule has 168 valence electrons. The zero-order valence-electron chi connectivity index (χ0n) is 19.0. The minimum Gasteiger partial charge on any atom is -0.504 e. The molecule has 0 aliphatic carbocycles. The van der Waals surface area contributed by atoms with E-state index in [-0.39, 0.29) is 11.7 Å². The molecule has 0 bridgehead atoms. The van der Waals surface area contributed by atoms with Gasteiger partial charge in [0, 0.05) is 28.4 Å². The minimum atomic E-state index is -0.137. The maximum Gasteiger partial charge on any atom is 0.255 e. The van der Waals surface area contributed by atoms with Crippen molar-refractivity contribution >= 4 is 22.4 Å². The van der Waals surface area contributed by atoms with Crippen LogP contribution in [-0.4, -0.2) is 24.7 Å². The van der Waals surface area contributed by atoms with E-state index < -0.39 is 0 Å². The van der Waals surface area contributed by atoms with Crippen LogP contribution in [0.4, 0.5) is 5.69 Å². The summed E-state index contributed by atoms with van der Waals surface area (Å²) in [6.07, 6.45) is 0.663. The second kappa shape index (κ2) is 9.65. The molecule has 0 radical (unpaired) electrons. The maximum absolute atomic E-state index is 12.9. The number of benzene rings is 4. The van der Waals surface area contributed by atoms with Gasteiger partial charge >= 0.3 is 0 Å². The number of amides is 1. The van der Waals surface area contributed by atoms with E-state index in [1.54, 1.807) is 6.07 Å². The molecule has 0 unspecified atom stereocenters. The molecule has 0 spiro atoms. The molecule has 0 aromatic heterocycles. The lowest BCUT2D eigenvalue weighted by Crippen LogP contribution is -2.13. The van der Waals surface area contributed by atoms with Crippen molar-refractivity contribution in [3.05, 3.63) is 95.1 Å². The summed E-state index contributed by atoms with van der Waals surface area (Å²) in [6, 6.07) is 22.7. The number of carbonyl (C=O) groups excluding carboxylic acids is 1. The number of hydrogen-bond acceptors (Lipinski definition) is 4. The van der Waals surface area contributed by atoms with Crippen molar-refractivity contribution < 1.29 is 19.4 Å². The Morgan fingerprint density at radius 2 is 1.61 bits per heavy atom. The van der Waals surface area contributed by atoms with Crippen molar-refractivity contribution in [3.8, 4) is 17.2 Å². The van der Waals surface area contributed by atoms with Crippen LogP contribution in [0.15, 0.2) is 72.8 Å². The van der Waals surface area contributed by atoms with Crippen molar-refractivity contribution in [2.45, 2.75) is 20.3 Å². The van der Waals surface area contributed by atoms with Crippen molar-refractivity contribution in [1.82, 2.24) is 0 Å². The van der Waals surface area contributed by atoms with Gasteiger partial charge in [-0.15, -0.1) is 0 Å². The molecule has 5 nitrogen and oxygen atoms in total. The van der Waals surface area contributed by atoms with Crippen LogP contribution in [0.2, 0.25) is 0 Å². The second-order valence-corrected chi connectivity index (χ2v) is 8.09. The Kier molecular flexibility index (Phi) is 6.50. The molecular formula is C28H27NO4. The van der Waals surface area contributed by atoms with E-state index in [4.69, 9.17) is 9.47 Å². The molecule has 5 heteroatoms. The standard InChI is InChI=1S/C28H27NO4/c1-18-14-19(2)16-21(15-18)28(31)29-24-9-11-26(23-7-5-4-6-22(23)24)33-13-12-20-8-10-25(30)27(17-20)32-3/h4-11,14-17,30H,12-13H2,1-3H3,(H,29,31). The number of carbonyl (C=O) groups is 1. The van der Waals surface area contributed by atoms with Gasteiger partial charge in [-0.1, -0.05) is 47.5 Å². The molecule has 0 aliphatic heterocycles. The molecule has 4 rings (SSSR count). The van der Waals surface area contributed by atoms with Crippen LogP contribution in [0.1, 0.15) is 27.0 Å². The third-order valence-electron chi connectivity index (χ3n) is 5.51. The van der Waals surface area contributed by atoms with E-state index >= 15 is 0 Å². The topological polar surface area (TPSA) is 67.8 Å². The van der Waals surface area contributed by atoms with E-state index in [1.807, 2.05) is 80.6 Å². The number of fused-ring (bicyclic) bond motifs is 1. The molecule has 33 heavy (non-hydrogen) atoms. The number of phenols is 1. The third kappa shape index (κ3) is 5.09. The van der Waals surface area contributed by atoms with E-state index in [2.05, 4.69) is 5.32 Å². The number of aryl methyl sites for hydroxylation is 2. The minimum absolute atomic E-state index is 0.117. The number of ether oxygens (including phenoxy) is 2. The van der Waals surface area contributed by atoms with Crippen molar-refractivity contribution in [3.63, 3.8) is 0 Å². The highest BCUT2D eigenvalue weighted by Gasteiger charge is 2.12. The molecule has 1 amide bonds. The van der Waals surface area contributed by atoms with Gasteiger partial charge in [0.05, 0.1) is 13.7 Å². The number of hydrogen-bond donors (Lipinski definition) is 2. The Hall–Kier alpha value is -3.99. The van der Waals surface area contributed by atoms with Gasteiger partial charge in [0.2, 0.25) is 0 Å². The predicted octanol–water partition coefficient (Wildman–Crippen LogP) is 6.04. The van der Waals surface area contributed by atoms with Crippen molar-refractivity contribution in [1.29, 1.82) is 0 Å². The number of anilines is 1. The number of methoxy groups -OCH3 is 1. The molecule has 0 heterocycles. The summed E-state index contributed by atoms with van der Waals surface area (Å²) in [5.74, 6) is 1.18. The van der Waals surface area contributed by atoms with Gasteiger partial charge < -0.3 is 19.9 Å². The molecule has 4 aromatic carbocycles. The Balaban J connectivity index is 1.52. The molecular weight excluding hydrogens is 414 g/mol. The van der Waals surface area contributed by atoms with Crippen LogP contribution >= 0.6 is 0 Å². The fraction of sp³-hybridized carbons (Fsp3) is 0.179. The normalized spacial score (nSPS) is 10.8. The first kappa shape index (κ1) is 22.2. The molecule has 0 saturated heterocycles. The van der Waals surface area contributed by atoms with Crippen LogP contribution in [0.3, 0.4) is 0 Å². The Morgan fingerprint density at radius 1 is 0.879 bits per heavy atom. The summed E-state index contributed by atoms with van der Waals surface area (Å²) in [7, 11) is 1.53. The quantitative estimate of drug-likeness (QED) is 0.367. The Labute approximate surface area is 193 Å². The van der Waals surface area contributed by atoms with E-state index in [0.29, 0.717) is 24.3 Å². The van der Waals surface area contributed by atoms with Crippen molar-refractivity contribution in [2.24, 2.45) is 0 Å². The number of rotatable bonds is 7. The van der Waals surface area contributed by atoms with Crippen molar-refractivity contribution in [2.75, 3.05) is 19.0 Å². The first-order valence-electron chi connectivity index (χ1n) is 10.8. The summed E-state index contributed by atoms with van der Waals surface area (Å²) in [5, 5.41) is 14.7. The fourth-order valence-electron chi connectivity index (χ4n) is 3.96. The summed E-state index contributed by atoms with van der Waals surface area (Å²) in [6.45, 7) is 4.44. The van der Waals surface area contributed by atoms with E-state index in [9.17, 15) is 9.90 Å². The monoisotopic (exact) mass is 441 g/mol. The van der Waals surface area contributed by atoms with Crippen LogP contribution < -0.4 is 14.8 Å². The third-order valence-corrected chi connectivity index (χ3v) is 5.51. The largest absolute Gasteiger partial charge is 0.504 e. The van der Waals surface area contributed by atoms with Crippen LogP contribution in [0.5, 0.6) is 17.2 Å². The lowest BCUT2D eigenvalue weighted by molar-refractivity contribution is 0.102. The Bertz CT molecular complexity index is 1290. The van der Waals surface area contributed by atoms with Gasteiger partial charge in [0.25, 0.3) is 5.91 Å². The first-order valence-corrected chi connectivity index (χ1v) is 10.8. The molecule has 0 saturated carbocycles. The maximum atomic E-state index is 12.9.